The van der Waals surface area contributed by atoms with Crippen LogP contribution < -0.4 is 5.73 Å². The molecular formula is C8H10NO. The van der Waals surface area contributed by atoms with Crippen molar-refractivity contribution in [3.8, 4) is 0 Å². The van der Waals surface area contributed by atoms with Gasteiger partial charge in [-0.25, -0.2) is 0 Å². The second-order valence-electron chi connectivity index (χ2n) is 2.10. The number of rotatable bonds is 2. The van der Waals surface area contributed by atoms with Gasteiger partial charge in [0.25, 0.3) is 0 Å². The van der Waals surface area contributed by atoms with E-state index >= 15 is 0 Å². The smallest absolute Gasteiger partial charge is 0.0472 e. The molecule has 0 unspecified atom stereocenters. The summed E-state index contributed by atoms with van der Waals surface area (Å²) >= 11 is 0. The molecule has 1 aromatic rings. The van der Waals surface area contributed by atoms with Crippen LogP contribution in [-0.2, 0) is 6.42 Å². The third-order valence-corrected chi connectivity index (χ3v) is 1.37. The van der Waals surface area contributed by atoms with Crippen molar-refractivity contribution in [2.75, 3.05) is 12.3 Å². The molecule has 0 bridgehead atoms. The lowest BCUT2D eigenvalue weighted by molar-refractivity contribution is 0.300. The molecule has 0 spiro atoms. The summed E-state index contributed by atoms with van der Waals surface area (Å²) in [7, 11) is 0. The summed E-state index contributed by atoms with van der Waals surface area (Å²) < 4.78 is 0. The second-order valence-corrected chi connectivity index (χ2v) is 2.10. The Morgan fingerprint density at radius 1 is 1.60 bits per heavy atom. The molecule has 1 radical (unpaired) electrons. The first-order valence-electron chi connectivity index (χ1n) is 3.20. The third kappa shape index (κ3) is 1.48. The predicted molar refractivity (Wildman–Crippen MR) is 40.5 cm³/mol. The van der Waals surface area contributed by atoms with Crippen LogP contribution in [-0.4, -0.2) is 11.7 Å². The van der Waals surface area contributed by atoms with Crippen molar-refractivity contribution in [1.82, 2.24) is 0 Å². The highest BCUT2D eigenvalue weighted by Crippen LogP contribution is 2.09. The maximum atomic E-state index is 8.58. The van der Waals surface area contributed by atoms with Gasteiger partial charge in [-0.05, 0) is 24.1 Å². The highest BCUT2D eigenvalue weighted by molar-refractivity contribution is 5.45. The van der Waals surface area contributed by atoms with Crippen LogP contribution in [0.3, 0.4) is 0 Å². The fourth-order valence-corrected chi connectivity index (χ4v) is 0.824. The lowest BCUT2D eigenvalue weighted by atomic mass is 10.1. The van der Waals surface area contributed by atoms with Gasteiger partial charge in [0, 0.05) is 12.3 Å². The first kappa shape index (κ1) is 7.09. The summed E-state index contributed by atoms with van der Waals surface area (Å²) in [6, 6.07) is 8.23. The molecule has 3 N–H and O–H groups in total. The SMILES string of the molecule is Nc1c[c]ccc1CCO. The van der Waals surface area contributed by atoms with Gasteiger partial charge >= 0.3 is 0 Å². The van der Waals surface area contributed by atoms with Crippen molar-refractivity contribution in [2.45, 2.75) is 6.42 Å². The van der Waals surface area contributed by atoms with Gasteiger partial charge in [-0.3, -0.25) is 0 Å². The van der Waals surface area contributed by atoms with Crippen LogP contribution in [0, 0.1) is 6.07 Å². The highest BCUT2D eigenvalue weighted by atomic mass is 16.2. The number of aliphatic hydroxyl groups is 1. The number of hydrogen-bond donors (Lipinski definition) is 2. The predicted octanol–water partition coefficient (Wildman–Crippen LogP) is 0.604. The number of benzene rings is 1. The first-order valence-corrected chi connectivity index (χ1v) is 3.20. The van der Waals surface area contributed by atoms with Gasteiger partial charge < -0.3 is 10.8 Å². The fourth-order valence-electron chi connectivity index (χ4n) is 0.824. The van der Waals surface area contributed by atoms with E-state index in [1.165, 1.54) is 0 Å². The van der Waals surface area contributed by atoms with E-state index in [0.717, 1.165) is 5.56 Å². The van der Waals surface area contributed by atoms with Crippen LogP contribution in [0.2, 0.25) is 0 Å². The summed E-state index contributed by atoms with van der Waals surface area (Å²) in [5, 5.41) is 8.58. The zero-order valence-electron chi connectivity index (χ0n) is 5.67. The van der Waals surface area contributed by atoms with E-state index in [4.69, 9.17) is 10.8 Å². The normalized spacial score (nSPS) is 9.70. The van der Waals surface area contributed by atoms with Crippen molar-refractivity contribution >= 4 is 5.69 Å². The number of nitrogens with two attached hydrogens (primary N) is 1. The zero-order valence-corrected chi connectivity index (χ0v) is 5.67. The number of nitrogen functional groups attached to an aromatic ring is 1. The molecule has 2 nitrogen and oxygen atoms in total. The van der Waals surface area contributed by atoms with E-state index in [1.807, 2.05) is 6.07 Å². The molecule has 1 rings (SSSR count). The van der Waals surface area contributed by atoms with E-state index in [0.29, 0.717) is 12.1 Å². The summed E-state index contributed by atoms with van der Waals surface area (Å²) in [5.41, 5.74) is 7.26. The molecule has 0 atom stereocenters. The van der Waals surface area contributed by atoms with Crippen molar-refractivity contribution in [3.05, 3.63) is 29.8 Å². The molecule has 0 saturated heterocycles. The molecule has 0 aliphatic rings. The molecule has 0 amide bonds. The Hall–Kier alpha value is -1.02. The van der Waals surface area contributed by atoms with Crippen molar-refractivity contribution in [2.24, 2.45) is 0 Å². The average Bonchev–Trinajstić information content (AvgIpc) is 1.94. The van der Waals surface area contributed by atoms with Crippen LogP contribution >= 0.6 is 0 Å². The molecule has 2 heteroatoms. The number of anilines is 1. The minimum atomic E-state index is 0.147. The quantitative estimate of drug-likeness (QED) is 0.585. The molecule has 0 heterocycles. The Labute approximate surface area is 60.3 Å². The standard InChI is InChI=1S/C8H10NO/c9-8-4-2-1-3-7(8)5-6-10/h1,3-4,10H,5-6,9H2. The lowest BCUT2D eigenvalue weighted by Gasteiger charge is -2.00. The monoisotopic (exact) mass is 136 g/mol. The van der Waals surface area contributed by atoms with Crippen LogP contribution in [0.25, 0.3) is 0 Å². The van der Waals surface area contributed by atoms with Gasteiger partial charge in [0.15, 0.2) is 0 Å². The zero-order chi connectivity index (χ0) is 7.40. The molecule has 0 aromatic heterocycles. The van der Waals surface area contributed by atoms with Crippen molar-refractivity contribution in [3.63, 3.8) is 0 Å². The largest absolute Gasteiger partial charge is 0.398 e. The highest BCUT2D eigenvalue weighted by Gasteiger charge is 1.94. The molecule has 0 saturated carbocycles. The maximum Gasteiger partial charge on any atom is 0.0472 e. The van der Waals surface area contributed by atoms with E-state index in [1.54, 1.807) is 12.1 Å². The molecule has 0 aliphatic carbocycles. The molecule has 1 aromatic carbocycles. The number of hydrogen-bond acceptors (Lipinski definition) is 2. The average molecular weight is 136 g/mol. The van der Waals surface area contributed by atoms with E-state index < -0.39 is 0 Å². The Bertz CT molecular complexity index is 210. The Morgan fingerprint density at radius 2 is 2.40 bits per heavy atom. The topological polar surface area (TPSA) is 46.2 Å². The second kappa shape index (κ2) is 3.22. The van der Waals surface area contributed by atoms with Gasteiger partial charge in [-0.2, -0.15) is 0 Å². The van der Waals surface area contributed by atoms with Crippen molar-refractivity contribution in [1.29, 1.82) is 0 Å². The van der Waals surface area contributed by atoms with E-state index in [9.17, 15) is 0 Å². The van der Waals surface area contributed by atoms with Crippen LogP contribution in [0.4, 0.5) is 5.69 Å². The van der Waals surface area contributed by atoms with Crippen molar-refractivity contribution < 1.29 is 5.11 Å². The lowest BCUT2D eigenvalue weighted by Crippen LogP contribution is -1.96. The van der Waals surface area contributed by atoms with Crippen LogP contribution in [0.5, 0.6) is 0 Å². The minimum absolute atomic E-state index is 0.147. The summed E-state index contributed by atoms with van der Waals surface area (Å²) in [6.07, 6.45) is 0.626. The molecule has 0 fully saturated rings. The summed E-state index contributed by atoms with van der Waals surface area (Å²) in [6.45, 7) is 0.147. The molecule has 10 heavy (non-hydrogen) atoms. The van der Waals surface area contributed by atoms with Gasteiger partial charge in [0.05, 0.1) is 0 Å². The first-order chi connectivity index (χ1) is 4.84. The number of aliphatic hydroxyl groups excluding tert-OH is 1. The summed E-state index contributed by atoms with van der Waals surface area (Å²) in [4.78, 5) is 0. The third-order valence-electron chi connectivity index (χ3n) is 1.37. The van der Waals surface area contributed by atoms with E-state index in [-0.39, 0.29) is 6.61 Å². The van der Waals surface area contributed by atoms with Gasteiger partial charge in [-0.15, -0.1) is 0 Å². The molecule has 0 aliphatic heterocycles. The van der Waals surface area contributed by atoms with E-state index in [2.05, 4.69) is 6.07 Å². The van der Waals surface area contributed by atoms with Crippen LogP contribution in [0.15, 0.2) is 18.2 Å². The maximum absolute atomic E-state index is 8.58. The molecule has 53 valence electrons. The molecular weight excluding hydrogens is 126 g/mol. The van der Waals surface area contributed by atoms with Gasteiger partial charge in [-0.1, -0.05) is 12.1 Å². The fraction of sp³-hybridized carbons (Fsp3) is 0.250. The summed E-state index contributed by atoms with van der Waals surface area (Å²) in [5.74, 6) is 0. The Balaban J connectivity index is 2.81. The van der Waals surface area contributed by atoms with Crippen LogP contribution in [0.1, 0.15) is 5.56 Å². The minimum Gasteiger partial charge on any atom is -0.398 e. The Morgan fingerprint density at radius 3 is 3.00 bits per heavy atom. The Kier molecular flexibility index (Phi) is 2.29. The van der Waals surface area contributed by atoms with Gasteiger partial charge in [0.1, 0.15) is 0 Å². The van der Waals surface area contributed by atoms with Gasteiger partial charge in [0.2, 0.25) is 0 Å².